The summed E-state index contributed by atoms with van der Waals surface area (Å²) in [6.45, 7) is 4.93. The number of imidazole rings is 1. The minimum atomic E-state index is -5.58. The highest BCUT2D eigenvalue weighted by molar-refractivity contribution is 8.13. The molecule has 414 valence electrons. The van der Waals surface area contributed by atoms with Crippen LogP contribution < -0.4 is 16.4 Å². The lowest BCUT2D eigenvalue weighted by atomic mass is 9.87. The molecule has 2 aromatic heterocycles. The molecule has 1 aliphatic heterocycles. The van der Waals surface area contributed by atoms with Gasteiger partial charge in [0, 0.05) is 37.1 Å². The van der Waals surface area contributed by atoms with Crippen LogP contribution in [0.4, 0.5) is 5.82 Å². The Morgan fingerprint density at radius 3 is 2.00 bits per heavy atom. The second-order valence-corrected chi connectivity index (χ2v) is 24.4. The van der Waals surface area contributed by atoms with Gasteiger partial charge in [-0.3, -0.25) is 32.5 Å². The average Bonchev–Trinajstić information content (AvgIpc) is 3.86. The SMILES string of the molecule is CCCCCCCCCCCCCCCCCCCC(C)CC(=O)SCCNC(=O)CCNC(=O)C(O)C(C)(C)COP(=O)(O)OP(=O)(O)OCC1OC(n2cnc3c(N)ncnc32)C(O)C1OP(=O)(O)O. The molecule has 3 heterocycles. The summed E-state index contributed by atoms with van der Waals surface area (Å²) in [5, 5.41) is 26.8. The molecule has 2 aromatic rings. The summed E-state index contributed by atoms with van der Waals surface area (Å²) in [5.74, 6) is -0.736. The molecule has 1 saturated heterocycles. The number of nitrogens with zero attached hydrogens (tertiary/aromatic N) is 4. The Kier molecular flexibility index (Phi) is 28.6. The molecule has 1 aliphatic rings. The molecule has 0 saturated carbocycles. The number of aliphatic hydroxyl groups excluding tert-OH is 2. The molecule has 1 fully saturated rings. The number of phosphoric ester groups is 3. The Bertz CT molecular complexity index is 2100. The van der Waals surface area contributed by atoms with Gasteiger partial charge < -0.3 is 50.9 Å². The number of rotatable bonds is 39. The Morgan fingerprint density at radius 2 is 1.42 bits per heavy atom. The van der Waals surface area contributed by atoms with Gasteiger partial charge in [-0.2, -0.15) is 4.31 Å². The van der Waals surface area contributed by atoms with Gasteiger partial charge in [0.15, 0.2) is 22.8 Å². The first kappa shape index (κ1) is 63.8. The standard InChI is InChI=1S/C44H80N7O17P3S/c1-5-6-7-8-9-10-11-12-13-14-15-16-17-18-19-20-21-22-32(2)27-35(53)72-26-25-46-34(52)23-24-47-42(56)39(55)44(3,4)29-65-71(62,63)68-70(60,61)64-28-33-38(67-69(57,58)59)37(54)43(66-33)51-31-50-36-40(45)48-30-49-41(36)51/h30-33,37-39,43,54-55H,5-29H2,1-4H3,(H,46,52)(H,47,56)(H,60,61)(H,62,63)(H2,45,48,49)(H2,57,58,59). The van der Waals surface area contributed by atoms with Gasteiger partial charge in [-0.05, 0) is 5.92 Å². The first-order valence-corrected chi connectivity index (χ1v) is 30.5. The van der Waals surface area contributed by atoms with Crippen molar-refractivity contribution in [3.8, 4) is 0 Å². The lowest BCUT2D eigenvalue weighted by molar-refractivity contribution is -0.137. The minimum Gasteiger partial charge on any atom is -0.386 e. The fourth-order valence-corrected chi connectivity index (χ4v) is 11.6. The van der Waals surface area contributed by atoms with Gasteiger partial charge in [-0.15, -0.1) is 0 Å². The first-order valence-electron chi connectivity index (χ1n) is 25.0. The third kappa shape index (κ3) is 24.5. The van der Waals surface area contributed by atoms with Crippen molar-refractivity contribution in [2.75, 3.05) is 37.8 Å². The highest BCUT2D eigenvalue weighted by Crippen LogP contribution is 2.61. The highest BCUT2D eigenvalue weighted by atomic mass is 32.2. The van der Waals surface area contributed by atoms with Gasteiger partial charge in [-0.25, -0.2) is 28.6 Å². The van der Waals surface area contributed by atoms with Crippen LogP contribution in [0.25, 0.3) is 11.2 Å². The van der Waals surface area contributed by atoms with Gasteiger partial charge >= 0.3 is 23.5 Å². The molecule has 3 rings (SSSR count). The Balaban J connectivity index is 1.26. The maximum Gasteiger partial charge on any atom is 0.481 e. The summed E-state index contributed by atoms with van der Waals surface area (Å²) in [5.41, 5.74) is 4.29. The highest BCUT2D eigenvalue weighted by Gasteiger charge is 2.50. The lowest BCUT2D eigenvalue weighted by Crippen LogP contribution is -2.46. The number of aromatic nitrogens is 4. The number of amides is 2. The number of fused-ring (bicyclic) bond motifs is 1. The zero-order valence-electron chi connectivity index (χ0n) is 42.1. The largest absolute Gasteiger partial charge is 0.481 e. The molecule has 0 aromatic carbocycles. The van der Waals surface area contributed by atoms with Crippen LogP contribution >= 0.6 is 35.2 Å². The lowest BCUT2D eigenvalue weighted by Gasteiger charge is -2.30. The summed E-state index contributed by atoms with van der Waals surface area (Å²) < 4.78 is 62.6. The average molecular weight is 1100 g/mol. The normalized spacial score (nSPS) is 20.0. The molecule has 8 atom stereocenters. The van der Waals surface area contributed by atoms with E-state index in [1.54, 1.807) is 0 Å². The summed E-state index contributed by atoms with van der Waals surface area (Å²) in [6.07, 6.45) is 17.1. The van der Waals surface area contributed by atoms with E-state index in [2.05, 4.69) is 48.3 Å². The molecule has 2 amide bonds. The summed E-state index contributed by atoms with van der Waals surface area (Å²) >= 11 is 1.16. The van der Waals surface area contributed by atoms with Crippen LogP contribution in [0.15, 0.2) is 12.7 Å². The van der Waals surface area contributed by atoms with E-state index in [4.69, 9.17) is 19.5 Å². The Hall–Kier alpha value is -2.44. The van der Waals surface area contributed by atoms with Crippen molar-refractivity contribution in [2.45, 2.75) is 187 Å². The van der Waals surface area contributed by atoms with Gasteiger partial charge in [0.05, 0.1) is 19.5 Å². The number of ether oxygens (including phenoxy) is 1. The number of aliphatic hydroxyl groups is 2. The van der Waals surface area contributed by atoms with E-state index in [0.29, 0.717) is 12.2 Å². The first-order chi connectivity index (χ1) is 33.9. The quantitative estimate of drug-likeness (QED) is 0.0247. The summed E-state index contributed by atoms with van der Waals surface area (Å²) in [7, 11) is -16.4. The number of nitrogens with two attached hydrogens (primary N) is 1. The number of thioether (sulfide) groups is 1. The number of phosphoric acid groups is 3. The second-order valence-electron chi connectivity index (χ2n) is 19.0. The number of nitrogen functional groups attached to an aromatic ring is 1. The molecule has 10 N–H and O–H groups in total. The van der Waals surface area contributed by atoms with Gasteiger partial charge in [0.1, 0.15) is 36.3 Å². The van der Waals surface area contributed by atoms with Crippen LogP contribution in [-0.4, -0.2) is 123 Å². The molecular formula is C44H80N7O17P3S. The maximum absolute atomic E-state index is 12.8. The number of nitrogens with one attached hydrogen (secondary N) is 2. The van der Waals surface area contributed by atoms with Crippen LogP contribution in [0.1, 0.15) is 162 Å². The van der Waals surface area contributed by atoms with Gasteiger partial charge in [0.25, 0.3) is 0 Å². The molecule has 72 heavy (non-hydrogen) atoms. The van der Waals surface area contributed by atoms with Gasteiger partial charge in [-0.1, -0.05) is 155 Å². The summed E-state index contributed by atoms with van der Waals surface area (Å²) in [6, 6.07) is 0. The van der Waals surface area contributed by atoms with E-state index >= 15 is 0 Å². The van der Waals surface area contributed by atoms with Crippen LogP contribution in [0.2, 0.25) is 0 Å². The summed E-state index contributed by atoms with van der Waals surface area (Å²) in [4.78, 5) is 88.9. The topological polar surface area (TPSA) is 364 Å². The van der Waals surface area contributed by atoms with E-state index in [9.17, 15) is 57.9 Å². The van der Waals surface area contributed by atoms with Crippen molar-refractivity contribution in [1.29, 1.82) is 0 Å². The van der Waals surface area contributed by atoms with Crippen molar-refractivity contribution < 1.29 is 80.5 Å². The molecule has 0 aliphatic carbocycles. The van der Waals surface area contributed by atoms with E-state index in [1.807, 2.05) is 0 Å². The molecule has 28 heteroatoms. The number of carbonyl (C=O) groups is 3. The van der Waals surface area contributed by atoms with Crippen molar-refractivity contribution in [3.63, 3.8) is 0 Å². The zero-order valence-corrected chi connectivity index (χ0v) is 45.6. The smallest absolute Gasteiger partial charge is 0.386 e. The zero-order chi connectivity index (χ0) is 53.4. The van der Waals surface area contributed by atoms with Crippen molar-refractivity contribution in [2.24, 2.45) is 11.3 Å². The number of unbranched alkanes of at least 4 members (excludes halogenated alkanes) is 16. The number of hydrogen-bond acceptors (Lipinski definition) is 18. The molecule has 24 nitrogen and oxygen atoms in total. The van der Waals surface area contributed by atoms with Crippen LogP contribution in [-0.2, 0) is 50.7 Å². The predicted molar refractivity (Wildman–Crippen MR) is 270 cm³/mol. The molecular weight excluding hydrogens is 1020 g/mol. The number of anilines is 1. The fraction of sp³-hybridized carbons (Fsp3) is 0.818. The molecule has 0 radical (unpaired) electrons. The van der Waals surface area contributed by atoms with Crippen molar-refractivity contribution >= 4 is 69.1 Å². The van der Waals surface area contributed by atoms with Crippen molar-refractivity contribution in [1.82, 2.24) is 30.2 Å². The molecule has 8 unspecified atom stereocenters. The monoisotopic (exact) mass is 1100 g/mol. The van der Waals surface area contributed by atoms with Crippen LogP contribution in [0.5, 0.6) is 0 Å². The van der Waals surface area contributed by atoms with Crippen LogP contribution in [0, 0.1) is 11.3 Å². The minimum absolute atomic E-state index is 0.0342. The molecule has 0 spiro atoms. The predicted octanol–water partition coefficient (Wildman–Crippen LogP) is 6.73. The molecule has 0 bridgehead atoms. The second kappa shape index (κ2) is 32.2. The van der Waals surface area contributed by atoms with E-state index in [-0.39, 0.29) is 47.5 Å². The maximum atomic E-state index is 12.8. The van der Waals surface area contributed by atoms with E-state index in [0.717, 1.165) is 41.8 Å². The van der Waals surface area contributed by atoms with E-state index in [1.165, 1.54) is 117 Å². The number of hydrogen-bond donors (Lipinski definition) is 9. The van der Waals surface area contributed by atoms with Gasteiger partial charge in [0.2, 0.25) is 11.8 Å². The van der Waals surface area contributed by atoms with Crippen molar-refractivity contribution in [3.05, 3.63) is 12.7 Å². The third-order valence-electron chi connectivity index (χ3n) is 12.1. The number of carbonyl (C=O) groups excluding carboxylic acids is 3. The van der Waals surface area contributed by atoms with E-state index < -0.39 is 84.6 Å². The fourth-order valence-electron chi connectivity index (χ4n) is 7.96. The Morgan fingerprint density at radius 1 is 0.847 bits per heavy atom. The Labute approximate surface area is 426 Å². The third-order valence-corrected chi connectivity index (χ3v) is 16.1. The van der Waals surface area contributed by atoms with Crippen LogP contribution in [0.3, 0.4) is 0 Å².